The molecule has 1 amide bonds. The van der Waals surface area contributed by atoms with Gasteiger partial charge in [-0.05, 0) is 17.6 Å². The monoisotopic (exact) mass is 378 g/mol. The number of ether oxygens (including phenoxy) is 2. The summed E-state index contributed by atoms with van der Waals surface area (Å²) in [6.07, 6.45) is 3.04. The number of carbonyl (C=O) groups excluding carboxylic acids is 3. The topological polar surface area (TPSA) is 125 Å². The minimum Gasteiger partial charge on any atom is -0.467 e. The highest BCUT2D eigenvalue weighted by atomic mass is 16.6. The summed E-state index contributed by atoms with van der Waals surface area (Å²) in [6, 6.07) is 4.86. The van der Waals surface area contributed by atoms with Gasteiger partial charge in [-0.3, -0.25) is 14.9 Å². The lowest BCUT2D eigenvalue weighted by Gasteiger charge is -2.21. The van der Waals surface area contributed by atoms with E-state index in [0.717, 1.165) is 6.08 Å². The molecule has 0 aromatic heterocycles. The van der Waals surface area contributed by atoms with E-state index in [2.05, 4.69) is 10.1 Å². The number of methoxy groups -OCH3 is 1. The molecule has 146 valence electrons. The molecular weight excluding hydrogens is 356 g/mol. The molecule has 2 atom stereocenters. The van der Waals surface area contributed by atoms with Gasteiger partial charge < -0.3 is 14.8 Å². The van der Waals surface area contributed by atoms with Crippen LogP contribution in [0.25, 0.3) is 6.08 Å². The third-order valence-electron chi connectivity index (χ3n) is 3.82. The van der Waals surface area contributed by atoms with Crippen LogP contribution >= 0.6 is 0 Å². The zero-order valence-electron chi connectivity index (χ0n) is 15.3. The van der Waals surface area contributed by atoms with Crippen LogP contribution in [0.1, 0.15) is 25.8 Å². The summed E-state index contributed by atoms with van der Waals surface area (Å²) in [5.74, 6) is -2.15. The number of non-ortho nitro benzene ring substituents is 1. The number of rotatable bonds is 9. The first kappa shape index (κ1) is 21.8. The zero-order chi connectivity index (χ0) is 20.4. The molecule has 0 aliphatic carbocycles. The summed E-state index contributed by atoms with van der Waals surface area (Å²) in [5.41, 5.74) is 0.330. The average molecular weight is 378 g/mol. The molecule has 0 radical (unpaired) electrons. The molecule has 1 aromatic carbocycles. The number of nitrogens with one attached hydrogen (secondary N) is 1. The van der Waals surface area contributed by atoms with Gasteiger partial charge in [0.25, 0.3) is 11.6 Å². The van der Waals surface area contributed by atoms with Gasteiger partial charge in [0.2, 0.25) is 0 Å². The average Bonchev–Trinajstić information content (AvgIpc) is 2.67. The number of nitrogens with zero attached hydrogens (tertiary/aromatic N) is 1. The van der Waals surface area contributed by atoms with Gasteiger partial charge in [0.15, 0.2) is 6.61 Å². The van der Waals surface area contributed by atoms with E-state index in [-0.39, 0.29) is 11.6 Å². The Labute approximate surface area is 156 Å². The standard InChI is InChI=1S/C18H22N2O7/c1-4-12(2)17(18(23)26-3)19-15(21)11-27-16(22)9-8-13-6-5-7-14(10-13)20(24)25/h5-10,12,17H,4,11H2,1-3H3,(H,19,21)/b9-8+/t12-,17-/m1/s1. The van der Waals surface area contributed by atoms with E-state index < -0.39 is 35.4 Å². The SMILES string of the molecule is CC[C@@H](C)[C@@H](NC(=O)COC(=O)/C=C/c1cccc([N+](=O)[O-])c1)C(=O)OC. The second-order valence-corrected chi connectivity index (χ2v) is 5.75. The third-order valence-corrected chi connectivity index (χ3v) is 3.82. The van der Waals surface area contributed by atoms with Gasteiger partial charge in [0.1, 0.15) is 6.04 Å². The molecule has 0 bridgehead atoms. The molecule has 0 aliphatic rings. The molecule has 0 fully saturated rings. The van der Waals surface area contributed by atoms with Crippen molar-refractivity contribution in [2.75, 3.05) is 13.7 Å². The Hall–Kier alpha value is -3.23. The van der Waals surface area contributed by atoms with E-state index in [4.69, 9.17) is 4.74 Å². The van der Waals surface area contributed by atoms with Crippen LogP contribution in [0.15, 0.2) is 30.3 Å². The van der Waals surface area contributed by atoms with Gasteiger partial charge in [0.05, 0.1) is 12.0 Å². The predicted octanol–water partition coefficient (Wildman–Crippen LogP) is 1.86. The molecule has 0 saturated carbocycles. The molecule has 0 saturated heterocycles. The lowest BCUT2D eigenvalue weighted by Crippen LogP contribution is -2.47. The smallest absolute Gasteiger partial charge is 0.331 e. The first-order chi connectivity index (χ1) is 12.8. The Morgan fingerprint density at radius 2 is 2.04 bits per heavy atom. The lowest BCUT2D eigenvalue weighted by molar-refractivity contribution is -0.384. The van der Waals surface area contributed by atoms with Crippen molar-refractivity contribution in [1.82, 2.24) is 5.32 Å². The highest BCUT2D eigenvalue weighted by molar-refractivity contribution is 5.90. The second-order valence-electron chi connectivity index (χ2n) is 5.75. The van der Waals surface area contributed by atoms with E-state index in [1.54, 1.807) is 13.0 Å². The van der Waals surface area contributed by atoms with Crippen LogP contribution in [0.4, 0.5) is 5.69 Å². The molecule has 1 rings (SSSR count). The van der Waals surface area contributed by atoms with Gasteiger partial charge in [-0.15, -0.1) is 0 Å². The van der Waals surface area contributed by atoms with Crippen molar-refractivity contribution in [3.63, 3.8) is 0 Å². The highest BCUT2D eigenvalue weighted by Gasteiger charge is 2.26. The van der Waals surface area contributed by atoms with E-state index in [0.29, 0.717) is 12.0 Å². The number of esters is 2. The number of nitro groups is 1. The van der Waals surface area contributed by atoms with Gasteiger partial charge in [-0.2, -0.15) is 0 Å². The molecule has 27 heavy (non-hydrogen) atoms. The fraction of sp³-hybridized carbons (Fsp3) is 0.389. The Balaban J connectivity index is 2.58. The van der Waals surface area contributed by atoms with Crippen molar-refractivity contribution in [1.29, 1.82) is 0 Å². The van der Waals surface area contributed by atoms with Crippen LogP contribution in [0.5, 0.6) is 0 Å². The van der Waals surface area contributed by atoms with Crippen molar-refractivity contribution >= 4 is 29.6 Å². The van der Waals surface area contributed by atoms with Crippen molar-refractivity contribution in [2.45, 2.75) is 26.3 Å². The van der Waals surface area contributed by atoms with Crippen molar-refractivity contribution in [3.8, 4) is 0 Å². The molecule has 9 nitrogen and oxygen atoms in total. The summed E-state index contributed by atoms with van der Waals surface area (Å²) in [4.78, 5) is 45.5. The first-order valence-corrected chi connectivity index (χ1v) is 8.25. The van der Waals surface area contributed by atoms with Crippen molar-refractivity contribution < 1.29 is 28.8 Å². The van der Waals surface area contributed by atoms with E-state index >= 15 is 0 Å². The molecule has 0 spiro atoms. The van der Waals surface area contributed by atoms with Gasteiger partial charge in [-0.25, -0.2) is 9.59 Å². The summed E-state index contributed by atoms with van der Waals surface area (Å²) in [6.45, 7) is 3.09. The van der Waals surface area contributed by atoms with Crippen LogP contribution in [-0.2, 0) is 23.9 Å². The number of nitro benzene ring substituents is 1. The summed E-state index contributed by atoms with van der Waals surface area (Å²) in [7, 11) is 1.22. The number of hydrogen-bond acceptors (Lipinski definition) is 7. The number of carbonyl (C=O) groups is 3. The fourth-order valence-corrected chi connectivity index (χ4v) is 2.10. The maximum absolute atomic E-state index is 11.9. The van der Waals surface area contributed by atoms with Crippen LogP contribution in [0, 0.1) is 16.0 Å². The molecule has 1 N–H and O–H groups in total. The number of hydrogen-bond donors (Lipinski definition) is 1. The zero-order valence-corrected chi connectivity index (χ0v) is 15.3. The van der Waals surface area contributed by atoms with Crippen LogP contribution in [0.2, 0.25) is 0 Å². The molecule has 1 aromatic rings. The quantitative estimate of drug-likeness (QED) is 0.301. The van der Waals surface area contributed by atoms with Gasteiger partial charge in [-0.1, -0.05) is 32.4 Å². The Morgan fingerprint density at radius 1 is 1.33 bits per heavy atom. The minimum absolute atomic E-state index is 0.108. The maximum Gasteiger partial charge on any atom is 0.331 e. The Kier molecular flexibility index (Phi) is 8.64. The van der Waals surface area contributed by atoms with Crippen molar-refractivity contribution in [2.24, 2.45) is 5.92 Å². The molecule has 9 heteroatoms. The fourth-order valence-electron chi connectivity index (χ4n) is 2.10. The van der Waals surface area contributed by atoms with Crippen LogP contribution < -0.4 is 5.32 Å². The lowest BCUT2D eigenvalue weighted by atomic mass is 9.99. The first-order valence-electron chi connectivity index (χ1n) is 8.25. The Bertz CT molecular complexity index is 730. The number of amides is 1. The van der Waals surface area contributed by atoms with Gasteiger partial charge >= 0.3 is 11.9 Å². The van der Waals surface area contributed by atoms with Crippen molar-refractivity contribution in [3.05, 3.63) is 46.0 Å². The summed E-state index contributed by atoms with van der Waals surface area (Å²) in [5, 5.41) is 13.2. The van der Waals surface area contributed by atoms with Gasteiger partial charge in [0, 0.05) is 18.2 Å². The van der Waals surface area contributed by atoms with E-state index in [9.17, 15) is 24.5 Å². The second kappa shape index (κ2) is 10.7. The summed E-state index contributed by atoms with van der Waals surface area (Å²) < 4.78 is 9.46. The molecular formula is C18H22N2O7. The largest absolute Gasteiger partial charge is 0.467 e. The van der Waals surface area contributed by atoms with Crippen LogP contribution in [-0.4, -0.2) is 42.5 Å². The predicted molar refractivity (Wildman–Crippen MR) is 96.5 cm³/mol. The molecule has 0 aliphatic heterocycles. The normalized spacial score (nSPS) is 12.9. The van der Waals surface area contributed by atoms with E-state index in [1.165, 1.54) is 31.4 Å². The van der Waals surface area contributed by atoms with Crippen LogP contribution in [0.3, 0.4) is 0 Å². The maximum atomic E-state index is 11.9. The highest BCUT2D eigenvalue weighted by Crippen LogP contribution is 2.14. The minimum atomic E-state index is -0.827. The Morgan fingerprint density at radius 3 is 2.63 bits per heavy atom. The third kappa shape index (κ3) is 7.27. The van der Waals surface area contributed by atoms with E-state index in [1.807, 2.05) is 6.92 Å². The number of benzene rings is 1. The summed E-state index contributed by atoms with van der Waals surface area (Å²) >= 11 is 0. The molecule has 0 unspecified atom stereocenters. The molecule has 0 heterocycles.